The van der Waals surface area contributed by atoms with Crippen LogP contribution in [0.25, 0.3) is 0 Å². The van der Waals surface area contributed by atoms with Gasteiger partial charge in [-0.2, -0.15) is 0 Å². The van der Waals surface area contributed by atoms with Crippen LogP contribution >= 0.6 is 0 Å². The minimum Gasteiger partial charge on any atom is -0.493 e. The first-order valence-corrected chi connectivity index (χ1v) is 11.2. The lowest BCUT2D eigenvalue weighted by Crippen LogP contribution is -2.24. The summed E-state index contributed by atoms with van der Waals surface area (Å²) in [7, 11) is 2.29. The fourth-order valence-corrected chi connectivity index (χ4v) is 3.05. The van der Waals surface area contributed by atoms with Gasteiger partial charge in [0.2, 0.25) is 10.0 Å². The molecule has 0 unspecified atom stereocenters. The number of rotatable bonds is 10. The quantitative estimate of drug-likeness (QED) is 0.527. The van der Waals surface area contributed by atoms with E-state index in [2.05, 4.69) is 5.32 Å². The van der Waals surface area contributed by atoms with Crippen LogP contribution < -0.4 is 19.5 Å². The fraction of sp³-hybridized carbons (Fsp3) is 0.333. The first kappa shape index (κ1) is 25.0. The summed E-state index contributed by atoms with van der Waals surface area (Å²) in [5.74, 6) is -0.110. The van der Waals surface area contributed by atoms with Crippen LogP contribution in [-0.4, -0.2) is 65.8 Å². The SMILES string of the molecule is COC(=O)c1cc(OC)c(OC)cc1NC(=O)COc1ccc(CN(C)S(C)(=O)=O)cc1. The maximum Gasteiger partial charge on any atom is 0.340 e. The monoisotopic (exact) mass is 466 g/mol. The third kappa shape index (κ3) is 6.59. The number of hydrogen-bond donors (Lipinski definition) is 1. The number of carbonyl (C=O) groups is 2. The van der Waals surface area contributed by atoms with Crippen LogP contribution in [0.1, 0.15) is 15.9 Å². The zero-order valence-corrected chi connectivity index (χ0v) is 19.3. The molecule has 1 amide bonds. The van der Waals surface area contributed by atoms with Crippen molar-refractivity contribution in [2.24, 2.45) is 0 Å². The maximum absolute atomic E-state index is 12.4. The average Bonchev–Trinajstić information content (AvgIpc) is 2.77. The van der Waals surface area contributed by atoms with Crippen LogP contribution in [0.5, 0.6) is 17.2 Å². The maximum atomic E-state index is 12.4. The molecule has 174 valence electrons. The van der Waals surface area contributed by atoms with E-state index in [9.17, 15) is 18.0 Å². The van der Waals surface area contributed by atoms with Crippen molar-refractivity contribution >= 4 is 27.6 Å². The number of nitrogens with zero attached hydrogens (tertiary/aromatic N) is 1. The Labute approximate surface area is 187 Å². The van der Waals surface area contributed by atoms with Crippen molar-refractivity contribution in [3.05, 3.63) is 47.5 Å². The highest BCUT2D eigenvalue weighted by atomic mass is 32.2. The van der Waals surface area contributed by atoms with Gasteiger partial charge in [-0.3, -0.25) is 4.79 Å². The van der Waals surface area contributed by atoms with E-state index in [1.54, 1.807) is 24.3 Å². The zero-order chi connectivity index (χ0) is 23.9. The van der Waals surface area contributed by atoms with E-state index < -0.39 is 21.9 Å². The summed E-state index contributed by atoms with van der Waals surface area (Å²) in [5, 5.41) is 2.60. The highest BCUT2D eigenvalue weighted by Crippen LogP contribution is 2.33. The lowest BCUT2D eigenvalue weighted by Gasteiger charge is -2.15. The predicted molar refractivity (Wildman–Crippen MR) is 118 cm³/mol. The molecular weight excluding hydrogens is 440 g/mol. The molecular formula is C21H26N2O8S. The minimum atomic E-state index is -3.28. The number of carbonyl (C=O) groups excluding carboxylic acids is 2. The van der Waals surface area contributed by atoms with Crippen LogP contribution in [0, 0.1) is 0 Å². The molecule has 1 N–H and O–H groups in total. The standard InChI is InChI=1S/C21H26N2O8S/c1-23(32(5,26)27)12-14-6-8-15(9-7-14)31-13-20(24)22-17-11-19(29-3)18(28-2)10-16(17)21(25)30-4/h6-11H,12-13H2,1-5H3,(H,22,24). The van der Waals surface area contributed by atoms with E-state index >= 15 is 0 Å². The molecule has 0 heterocycles. The second-order valence-electron chi connectivity index (χ2n) is 6.74. The van der Waals surface area contributed by atoms with Gasteiger partial charge in [-0.05, 0) is 17.7 Å². The number of methoxy groups -OCH3 is 3. The van der Waals surface area contributed by atoms with Crippen molar-refractivity contribution in [2.45, 2.75) is 6.54 Å². The molecule has 0 radical (unpaired) electrons. The number of amides is 1. The van der Waals surface area contributed by atoms with Crippen molar-refractivity contribution in [1.82, 2.24) is 4.31 Å². The normalized spacial score (nSPS) is 11.1. The van der Waals surface area contributed by atoms with Gasteiger partial charge in [0.15, 0.2) is 18.1 Å². The summed E-state index contributed by atoms with van der Waals surface area (Å²) in [4.78, 5) is 24.5. The molecule has 0 spiro atoms. The lowest BCUT2D eigenvalue weighted by molar-refractivity contribution is -0.118. The van der Waals surface area contributed by atoms with Crippen LogP contribution in [0.3, 0.4) is 0 Å². The van der Waals surface area contributed by atoms with Crippen LogP contribution in [-0.2, 0) is 26.1 Å². The highest BCUT2D eigenvalue weighted by Gasteiger charge is 2.19. The van der Waals surface area contributed by atoms with Gasteiger partial charge in [0, 0.05) is 25.7 Å². The Morgan fingerprint density at radius 1 is 1.00 bits per heavy atom. The van der Waals surface area contributed by atoms with Crippen LogP contribution in [0.2, 0.25) is 0 Å². The molecule has 2 rings (SSSR count). The van der Waals surface area contributed by atoms with Crippen molar-refractivity contribution in [3.8, 4) is 17.2 Å². The molecule has 32 heavy (non-hydrogen) atoms. The lowest BCUT2D eigenvalue weighted by atomic mass is 10.1. The first-order valence-electron chi connectivity index (χ1n) is 9.36. The molecule has 0 aliphatic heterocycles. The van der Waals surface area contributed by atoms with Gasteiger partial charge in [-0.15, -0.1) is 0 Å². The van der Waals surface area contributed by atoms with E-state index in [1.165, 1.54) is 44.8 Å². The molecule has 2 aromatic carbocycles. The van der Waals surface area contributed by atoms with E-state index in [0.717, 1.165) is 11.8 Å². The van der Waals surface area contributed by atoms with Crippen LogP contribution in [0.4, 0.5) is 5.69 Å². The Morgan fingerprint density at radius 2 is 1.59 bits per heavy atom. The number of anilines is 1. The Morgan fingerprint density at radius 3 is 2.12 bits per heavy atom. The molecule has 0 bridgehead atoms. The number of benzene rings is 2. The predicted octanol–water partition coefficient (Wildman–Crippen LogP) is 1.90. The molecule has 2 aromatic rings. The molecule has 10 nitrogen and oxygen atoms in total. The Balaban J connectivity index is 2.06. The number of sulfonamides is 1. The first-order chi connectivity index (χ1) is 15.1. The summed E-state index contributed by atoms with van der Waals surface area (Å²) < 4.78 is 44.9. The van der Waals surface area contributed by atoms with Gasteiger partial charge in [0.25, 0.3) is 5.91 Å². The van der Waals surface area contributed by atoms with E-state index in [0.29, 0.717) is 17.2 Å². The molecule has 0 fully saturated rings. The largest absolute Gasteiger partial charge is 0.493 e. The minimum absolute atomic E-state index is 0.0952. The molecule has 0 atom stereocenters. The molecule has 0 aromatic heterocycles. The number of hydrogen-bond acceptors (Lipinski definition) is 8. The second-order valence-corrected chi connectivity index (χ2v) is 8.83. The molecule has 0 saturated carbocycles. The third-order valence-electron chi connectivity index (χ3n) is 4.47. The van der Waals surface area contributed by atoms with Crippen LogP contribution in [0.15, 0.2) is 36.4 Å². The van der Waals surface area contributed by atoms with E-state index in [4.69, 9.17) is 18.9 Å². The summed E-state index contributed by atoms with van der Waals surface area (Å²) in [5.41, 5.74) is 1.04. The van der Waals surface area contributed by atoms with E-state index in [1.807, 2.05) is 0 Å². The van der Waals surface area contributed by atoms with Crippen molar-refractivity contribution in [2.75, 3.05) is 46.6 Å². The second kappa shape index (κ2) is 10.8. The Kier molecular flexibility index (Phi) is 8.44. The zero-order valence-electron chi connectivity index (χ0n) is 18.5. The number of nitrogens with one attached hydrogen (secondary N) is 1. The fourth-order valence-electron chi connectivity index (χ4n) is 2.66. The van der Waals surface area contributed by atoms with Gasteiger partial charge in [-0.1, -0.05) is 12.1 Å². The Bertz CT molecular complexity index is 1070. The number of esters is 1. The summed E-state index contributed by atoms with van der Waals surface area (Å²) in [6.07, 6.45) is 1.13. The smallest absolute Gasteiger partial charge is 0.340 e. The van der Waals surface area contributed by atoms with Gasteiger partial charge in [0.05, 0.1) is 38.8 Å². The van der Waals surface area contributed by atoms with Gasteiger partial charge in [-0.25, -0.2) is 17.5 Å². The molecule has 0 saturated heterocycles. The summed E-state index contributed by atoms with van der Waals surface area (Å²) >= 11 is 0. The highest BCUT2D eigenvalue weighted by molar-refractivity contribution is 7.88. The van der Waals surface area contributed by atoms with Gasteiger partial charge < -0.3 is 24.3 Å². The van der Waals surface area contributed by atoms with E-state index in [-0.39, 0.29) is 24.4 Å². The number of ether oxygens (including phenoxy) is 4. The topological polar surface area (TPSA) is 120 Å². The van der Waals surface area contributed by atoms with Gasteiger partial charge >= 0.3 is 5.97 Å². The summed E-state index contributed by atoms with van der Waals surface area (Å²) in [6, 6.07) is 9.55. The van der Waals surface area contributed by atoms with Crippen molar-refractivity contribution < 1.29 is 37.0 Å². The average molecular weight is 467 g/mol. The van der Waals surface area contributed by atoms with Crippen molar-refractivity contribution in [3.63, 3.8) is 0 Å². The Hall–Kier alpha value is -3.31. The molecule has 11 heteroatoms. The molecule has 0 aliphatic rings. The van der Waals surface area contributed by atoms with Gasteiger partial charge in [0.1, 0.15) is 5.75 Å². The molecule has 0 aliphatic carbocycles. The third-order valence-corrected chi connectivity index (χ3v) is 5.73. The van der Waals surface area contributed by atoms with Crippen molar-refractivity contribution in [1.29, 1.82) is 0 Å². The summed E-state index contributed by atoms with van der Waals surface area (Å²) in [6.45, 7) is -0.104.